The van der Waals surface area contributed by atoms with Crippen molar-refractivity contribution in [1.29, 1.82) is 0 Å². The summed E-state index contributed by atoms with van der Waals surface area (Å²) in [5.41, 5.74) is 3.31. The number of hydrogen-bond donors (Lipinski definition) is 1. The van der Waals surface area contributed by atoms with Crippen LogP contribution in [0.3, 0.4) is 0 Å². The molecule has 1 unspecified atom stereocenters. The number of anilines is 1. The maximum atomic E-state index is 6.16. The maximum absolute atomic E-state index is 6.16. The second-order valence-electron chi connectivity index (χ2n) is 6.21. The van der Waals surface area contributed by atoms with Gasteiger partial charge in [0, 0.05) is 0 Å². The molecule has 0 bridgehead atoms. The number of hydrogen-bond acceptors (Lipinski definition) is 4. The van der Waals surface area contributed by atoms with Crippen LogP contribution in [0, 0.1) is 19.8 Å². The number of nitrogens with one attached hydrogen (secondary N) is 1. The van der Waals surface area contributed by atoms with Gasteiger partial charge in [-0.3, -0.25) is 0 Å². The molecule has 0 spiro atoms. The fourth-order valence-corrected chi connectivity index (χ4v) is 2.62. The highest BCUT2D eigenvalue weighted by Crippen LogP contribution is 2.22. The molecule has 4 nitrogen and oxygen atoms in total. The average Bonchev–Trinajstić information content (AvgIpc) is 2.56. The van der Waals surface area contributed by atoms with Crippen molar-refractivity contribution >= 4 is 17.4 Å². The van der Waals surface area contributed by atoms with Gasteiger partial charge in [-0.05, 0) is 43.4 Å². The zero-order valence-corrected chi connectivity index (χ0v) is 15.7. The standard InChI is InChI=1S/C19H26ClN3O/c1-5-13(2)10-16-6-7-17(14(3)11-16)24-9-8-21-19-18(20)15(4)22-12-23-19/h6-7,11-13H,5,8-10H2,1-4H3,(H,21,22,23). The molecular weight excluding hydrogens is 322 g/mol. The molecule has 1 atom stereocenters. The minimum Gasteiger partial charge on any atom is -0.491 e. The van der Waals surface area contributed by atoms with Gasteiger partial charge in [-0.2, -0.15) is 0 Å². The normalized spacial score (nSPS) is 12.0. The van der Waals surface area contributed by atoms with Crippen LogP contribution < -0.4 is 10.1 Å². The van der Waals surface area contributed by atoms with Gasteiger partial charge in [0.25, 0.3) is 0 Å². The maximum Gasteiger partial charge on any atom is 0.148 e. The van der Waals surface area contributed by atoms with Crippen LogP contribution in [0.4, 0.5) is 5.82 Å². The Kier molecular flexibility index (Phi) is 6.85. The summed E-state index contributed by atoms with van der Waals surface area (Å²) in [6.07, 6.45) is 3.82. The summed E-state index contributed by atoms with van der Waals surface area (Å²) in [6, 6.07) is 6.45. The third-order valence-corrected chi connectivity index (χ3v) is 4.59. The van der Waals surface area contributed by atoms with E-state index in [1.807, 2.05) is 6.92 Å². The molecule has 0 aliphatic heterocycles. The lowest BCUT2D eigenvalue weighted by molar-refractivity contribution is 0.330. The third kappa shape index (κ3) is 5.10. The number of aromatic nitrogens is 2. The summed E-state index contributed by atoms with van der Waals surface area (Å²) in [4.78, 5) is 8.19. The molecule has 130 valence electrons. The highest BCUT2D eigenvalue weighted by Gasteiger charge is 2.06. The molecule has 1 N–H and O–H groups in total. The number of ether oxygens (including phenoxy) is 1. The minimum absolute atomic E-state index is 0.547. The largest absolute Gasteiger partial charge is 0.491 e. The van der Waals surface area contributed by atoms with Crippen LogP contribution in [0.5, 0.6) is 5.75 Å². The SMILES string of the molecule is CCC(C)Cc1ccc(OCCNc2ncnc(C)c2Cl)c(C)c1. The summed E-state index contributed by atoms with van der Waals surface area (Å²) in [5, 5.41) is 3.74. The Morgan fingerprint density at radius 2 is 2.04 bits per heavy atom. The second kappa shape index (κ2) is 8.88. The Bertz CT molecular complexity index is 676. The lowest BCUT2D eigenvalue weighted by Crippen LogP contribution is -2.13. The van der Waals surface area contributed by atoms with Gasteiger partial charge in [-0.25, -0.2) is 9.97 Å². The van der Waals surface area contributed by atoms with E-state index in [1.54, 1.807) is 0 Å². The van der Waals surface area contributed by atoms with Gasteiger partial charge < -0.3 is 10.1 Å². The molecular formula is C19H26ClN3O. The first-order valence-corrected chi connectivity index (χ1v) is 8.82. The van der Waals surface area contributed by atoms with E-state index < -0.39 is 0 Å². The van der Waals surface area contributed by atoms with Gasteiger partial charge in [0.2, 0.25) is 0 Å². The van der Waals surface area contributed by atoms with E-state index >= 15 is 0 Å². The molecule has 0 radical (unpaired) electrons. The molecule has 1 aromatic heterocycles. The van der Waals surface area contributed by atoms with Gasteiger partial charge in [0.05, 0.1) is 12.2 Å². The first-order valence-electron chi connectivity index (χ1n) is 8.44. The van der Waals surface area contributed by atoms with Crippen molar-refractivity contribution in [2.45, 2.75) is 40.5 Å². The summed E-state index contributed by atoms with van der Waals surface area (Å²) in [7, 11) is 0. The van der Waals surface area contributed by atoms with Gasteiger partial charge in [-0.1, -0.05) is 44.0 Å². The molecule has 0 saturated heterocycles. The number of nitrogens with zero attached hydrogens (tertiary/aromatic N) is 2. The molecule has 0 aliphatic rings. The van der Waals surface area contributed by atoms with E-state index in [-0.39, 0.29) is 0 Å². The molecule has 0 saturated carbocycles. The molecule has 5 heteroatoms. The summed E-state index contributed by atoms with van der Waals surface area (Å²) in [5.74, 6) is 2.28. The quantitative estimate of drug-likeness (QED) is 0.695. The summed E-state index contributed by atoms with van der Waals surface area (Å²) < 4.78 is 5.87. The van der Waals surface area contributed by atoms with Gasteiger partial charge in [0.1, 0.15) is 29.5 Å². The van der Waals surface area contributed by atoms with Crippen LogP contribution in [-0.2, 0) is 6.42 Å². The number of aryl methyl sites for hydroxylation is 2. The van der Waals surface area contributed by atoms with E-state index in [0.717, 1.165) is 17.9 Å². The van der Waals surface area contributed by atoms with E-state index in [1.165, 1.54) is 23.9 Å². The molecule has 0 fully saturated rings. The van der Waals surface area contributed by atoms with Crippen LogP contribution >= 0.6 is 11.6 Å². The topological polar surface area (TPSA) is 47.0 Å². The lowest BCUT2D eigenvalue weighted by Gasteiger charge is -2.13. The molecule has 0 amide bonds. The third-order valence-electron chi connectivity index (χ3n) is 4.14. The summed E-state index contributed by atoms with van der Waals surface area (Å²) in [6.45, 7) is 9.64. The van der Waals surface area contributed by atoms with Crippen molar-refractivity contribution < 1.29 is 4.74 Å². The monoisotopic (exact) mass is 347 g/mol. The van der Waals surface area contributed by atoms with Crippen molar-refractivity contribution in [2.75, 3.05) is 18.5 Å². The zero-order chi connectivity index (χ0) is 17.5. The van der Waals surface area contributed by atoms with E-state index in [0.29, 0.717) is 29.9 Å². The Labute approximate surface area is 149 Å². The second-order valence-corrected chi connectivity index (χ2v) is 6.59. The Morgan fingerprint density at radius 3 is 2.75 bits per heavy atom. The summed E-state index contributed by atoms with van der Waals surface area (Å²) >= 11 is 6.16. The van der Waals surface area contributed by atoms with Crippen molar-refractivity contribution in [2.24, 2.45) is 5.92 Å². The minimum atomic E-state index is 0.547. The van der Waals surface area contributed by atoms with Crippen LogP contribution in [-0.4, -0.2) is 23.1 Å². The van der Waals surface area contributed by atoms with Crippen LogP contribution in [0.1, 0.15) is 37.1 Å². The van der Waals surface area contributed by atoms with E-state index in [4.69, 9.17) is 16.3 Å². The highest BCUT2D eigenvalue weighted by atomic mass is 35.5. The Hall–Kier alpha value is -1.81. The molecule has 0 aliphatic carbocycles. The van der Waals surface area contributed by atoms with Crippen molar-refractivity contribution in [3.63, 3.8) is 0 Å². The average molecular weight is 348 g/mol. The van der Waals surface area contributed by atoms with Crippen LogP contribution in [0.2, 0.25) is 5.02 Å². The fourth-order valence-electron chi connectivity index (χ4n) is 2.46. The van der Waals surface area contributed by atoms with Gasteiger partial charge in [-0.15, -0.1) is 0 Å². The van der Waals surface area contributed by atoms with Gasteiger partial charge >= 0.3 is 0 Å². The first kappa shape index (κ1) is 18.5. The predicted molar refractivity (Wildman–Crippen MR) is 100 cm³/mol. The molecule has 24 heavy (non-hydrogen) atoms. The number of halogens is 1. The first-order chi connectivity index (χ1) is 11.5. The predicted octanol–water partition coefficient (Wildman–Crippen LogP) is 4.83. The van der Waals surface area contributed by atoms with Crippen molar-refractivity contribution in [3.8, 4) is 5.75 Å². The smallest absolute Gasteiger partial charge is 0.148 e. The molecule has 1 aromatic carbocycles. The lowest BCUT2D eigenvalue weighted by atomic mass is 9.97. The number of benzene rings is 1. The van der Waals surface area contributed by atoms with Crippen molar-refractivity contribution in [3.05, 3.63) is 46.4 Å². The van der Waals surface area contributed by atoms with Crippen molar-refractivity contribution in [1.82, 2.24) is 9.97 Å². The Morgan fingerprint density at radius 1 is 1.25 bits per heavy atom. The van der Waals surface area contributed by atoms with E-state index in [9.17, 15) is 0 Å². The highest BCUT2D eigenvalue weighted by molar-refractivity contribution is 6.33. The molecule has 2 rings (SSSR count). The fraction of sp³-hybridized carbons (Fsp3) is 0.474. The van der Waals surface area contributed by atoms with E-state index in [2.05, 4.69) is 54.3 Å². The zero-order valence-electron chi connectivity index (χ0n) is 14.9. The van der Waals surface area contributed by atoms with Crippen LogP contribution in [0.25, 0.3) is 0 Å². The molecule has 2 aromatic rings. The Balaban J connectivity index is 1.85. The number of rotatable bonds is 8. The molecule has 1 heterocycles. The van der Waals surface area contributed by atoms with Gasteiger partial charge in [0.15, 0.2) is 0 Å². The van der Waals surface area contributed by atoms with Crippen LogP contribution in [0.15, 0.2) is 24.5 Å².